The Balaban J connectivity index is 2.49. The number of furan rings is 1. The third kappa shape index (κ3) is 1.55. The fourth-order valence-electron chi connectivity index (χ4n) is 2.01. The molecule has 0 fully saturated rings. The van der Waals surface area contributed by atoms with Gasteiger partial charge in [0, 0.05) is 5.41 Å². The Hall–Kier alpha value is -2.03. The van der Waals surface area contributed by atoms with Gasteiger partial charge in [0.2, 0.25) is 0 Å². The van der Waals surface area contributed by atoms with Gasteiger partial charge in [0.1, 0.15) is 16.7 Å². The van der Waals surface area contributed by atoms with Crippen molar-refractivity contribution in [3.05, 3.63) is 46.5 Å². The summed E-state index contributed by atoms with van der Waals surface area (Å²) < 4.78 is 11.2. The lowest BCUT2D eigenvalue weighted by molar-refractivity contribution is 0.431. The molecule has 2 aromatic heterocycles. The molecule has 0 radical (unpaired) electrons. The van der Waals surface area contributed by atoms with Crippen molar-refractivity contribution in [2.24, 2.45) is 0 Å². The first-order valence-corrected chi connectivity index (χ1v) is 5.93. The van der Waals surface area contributed by atoms with Crippen molar-refractivity contribution in [3.63, 3.8) is 0 Å². The van der Waals surface area contributed by atoms with Crippen LogP contribution in [0.4, 0.5) is 0 Å². The fourth-order valence-corrected chi connectivity index (χ4v) is 2.01. The number of fused-ring (bicyclic) bond motifs is 3. The van der Waals surface area contributed by atoms with Crippen LogP contribution in [0.25, 0.3) is 21.9 Å². The summed E-state index contributed by atoms with van der Waals surface area (Å²) in [6, 6.07) is 9.20. The molecule has 0 N–H and O–H groups in total. The fraction of sp³-hybridized carbons (Fsp3) is 0.267. The smallest absolute Gasteiger partial charge is 0.347 e. The van der Waals surface area contributed by atoms with E-state index >= 15 is 0 Å². The van der Waals surface area contributed by atoms with Gasteiger partial charge in [-0.2, -0.15) is 0 Å². The number of benzene rings is 1. The molecule has 0 atom stereocenters. The second-order valence-electron chi connectivity index (χ2n) is 5.49. The molecular formula is C15H14O3. The van der Waals surface area contributed by atoms with Crippen molar-refractivity contribution < 1.29 is 8.83 Å². The molecule has 3 rings (SSSR count). The summed E-state index contributed by atoms with van der Waals surface area (Å²) in [6.07, 6.45) is 0. The minimum absolute atomic E-state index is 0.132. The van der Waals surface area contributed by atoms with Crippen LogP contribution < -0.4 is 5.63 Å². The van der Waals surface area contributed by atoms with Crippen molar-refractivity contribution in [1.82, 2.24) is 0 Å². The van der Waals surface area contributed by atoms with Gasteiger partial charge in [-0.05, 0) is 18.2 Å². The maximum Gasteiger partial charge on any atom is 0.347 e. The van der Waals surface area contributed by atoms with Crippen LogP contribution in [-0.2, 0) is 5.41 Å². The van der Waals surface area contributed by atoms with Crippen molar-refractivity contribution in [2.75, 3.05) is 0 Å². The van der Waals surface area contributed by atoms with Crippen LogP contribution in [0.3, 0.4) is 0 Å². The Bertz CT molecular complexity index is 785. The number of hydrogen-bond acceptors (Lipinski definition) is 3. The van der Waals surface area contributed by atoms with Gasteiger partial charge in [-0.15, -0.1) is 0 Å². The molecule has 0 saturated carbocycles. The third-order valence-corrected chi connectivity index (χ3v) is 3.03. The maximum atomic E-state index is 11.9. The molecule has 1 aromatic carbocycles. The van der Waals surface area contributed by atoms with Crippen molar-refractivity contribution >= 4 is 21.9 Å². The Kier molecular flexibility index (Phi) is 2.14. The molecule has 0 aliphatic carbocycles. The molecule has 0 spiro atoms. The highest BCUT2D eigenvalue weighted by atomic mass is 16.4. The van der Waals surface area contributed by atoms with Gasteiger partial charge in [0.15, 0.2) is 5.58 Å². The van der Waals surface area contributed by atoms with Gasteiger partial charge >= 0.3 is 5.63 Å². The molecule has 0 unspecified atom stereocenters. The molecule has 0 bridgehead atoms. The highest BCUT2D eigenvalue weighted by Gasteiger charge is 2.21. The molecule has 3 heteroatoms. The molecule has 92 valence electrons. The van der Waals surface area contributed by atoms with E-state index in [1.165, 1.54) is 0 Å². The quantitative estimate of drug-likeness (QED) is 0.562. The second-order valence-corrected chi connectivity index (χ2v) is 5.49. The van der Waals surface area contributed by atoms with Crippen LogP contribution in [0.15, 0.2) is 44.0 Å². The zero-order valence-electron chi connectivity index (χ0n) is 10.6. The first-order valence-electron chi connectivity index (χ1n) is 5.93. The standard InChI is InChI=1S/C15H14O3/c1-15(2,3)12-8-10-13(18-12)9-6-4-5-7-11(9)17-14(10)16/h4-8H,1-3H3. The summed E-state index contributed by atoms with van der Waals surface area (Å²) in [5.74, 6) is 0.793. The van der Waals surface area contributed by atoms with E-state index in [0.717, 1.165) is 11.1 Å². The monoisotopic (exact) mass is 242 g/mol. The lowest BCUT2D eigenvalue weighted by Crippen LogP contribution is -2.09. The highest BCUT2D eigenvalue weighted by molar-refractivity contribution is 6.00. The Morgan fingerprint density at radius 1 is 1.00 bits per heavy atom. The Morgan fingerprint density at radius 2 is 1.72 bits per heavy atom. The molecular weight excluding hydrogens is 228 g/mol. The summed E-state index contributed by atoms with van der Waals surface area (Å²) in [4.78, 5) is 11.9. The molecule has 18 heavy (non-hydrogen) atoms. The topological polar surface area (TPSA) is 43.4 Å². The lowest BCUT2D eigenvalue weighted by Gasteiger charge is -2.13. The van der Waals surface area contributed by atoms with Crippen LogP contribution in [0.1, 0.15) is 26.5 Å². The van der Waals surface area contributed by atoms with Gasteiger partial charge in [0.05, 0.1) is 5.39 Å². The van der Waals surface area contributed by atoms with Gasteiger partial charge in [-0.25, -0.2) is 4.79 Å². The van der Waals surface area contributed by atoms with Crippen LogP contribution in [0, 0.1) is 0 Å². The highest BCUT2D eigenvalue weighted by Crippen LogP contribution is 2.31. The van der Waals surface area contributed by atoms with Gasteiger partial charge < -0.3 is 8.83 Å². The first kappa shape index (κ1) is 11.1. The van der Waals surface area contributed by atoms with E-state index in [2.05, 4.69) is 20.8 Å². The maximum absolute atomic E-state index is 11.9. The predicted molar refractivity (Wildman–Crippen MR) is 71.0 cm³/mol. The zero-order valence-corrected chi connectivity index (χ0v) is 10.6. The average molecular weight is 242 g/mol. The minimum Gasteiger partial charge on any atom is -0.459 e. The van der Waals surface area contributed by atoms with Gasteiger partial charge in [0.25, 0.3) is 0 Å². The van der Waals surface area contributed by atoms with Crippen molar-refractivity contribution in [1.29, 1.82) is 0 Å². The number of para-hydroxylation sites is 1. The molecule has 0 aliphatic rings. The normalized spacial score (nSPS) is 12.4. The number of hydrogen-bond donors (Lipinski definition) is 0. The van der Waals surface area contributed by atoms with Crippen LogP contribution in [-0.4, -0.2) is 0 Å². The summed E-state index contributed by atoms with van der Waals surface area (Å²) in [5, 5.41) is 1.35. The number of rotatable bonds is 0. The largest absolute Gasteiger partial charge is 0.459 e. The summed E-state index contributed by atoms with van der Waals surface area (Å²) in [5.41, 5.74) is 0.701. The molecule has 0 saturated heterocycles. The molecule has 3 aromatic rings. The van der Waals surface area contributed by atoms with E-state index in [-0.39, 0.29) is 11.0 Å². The molecule has 2 heterocycles. The van der Waals surface area contributed by atoms with E-state index in [1.54, 1.807) is 12.1 Å². The average Bonchev–Trinajstić information content (AvgIpc) is 2.74. The van der Waals surface area contributed by atoms with E-state index in [9.17, 15) is 4.79 Å². The van der Waals surface area contributed by atoms with Crippen molar-refractivity contribution in [2.45, 2.75) is 26.2 Å². The van der Waals surface area contributed by atoms with Crippen molar-refractivity contribution in [3.8, 4) is 0 Å². The van der Waals surface area contributed by atoms with Crippen LogP contribution in [0.2, 0.25) is 0 Å². The SMILES string of the molecule is CC(C)(C)c1cc2c(=O)oc3ccccc3c2o1. The van der Waals surface area contributed by atoms with Gasteiger partial charge in [-0.1, -0.05) is 32.9 Å². The Morgan fingerprint density at radius 3 is 2.44 bits per heavy atom. The van der Waals surface area contributed by atoms with E-state index in [1.807, 2.05) is 18.2 Å². The van der Waals surface area contributed by atoms with E-state index < -0.39 is 0 Å². The van der Waals surface area contributed by atoms with Crippen LogP contribution in [0.5, 0.6) is 0 Å². The predicted octanol–water partition coefficient (Wildman–Crippen LogP) is 3.84. The summed E-state index contributed by atoms with van der Waals surface area (Å²) in [6.45, 7) is 6.15. The first-order chi connectivity index (χ1) is 8.47. The molecule has 0 amide bonds. The Labute approximate surface area is 104 Å². The molecule has 0 aliphatic heterocycles. The van der Waals surface area contributed by atoms with E-state index in [0.29, 0.717) is 16.6 Å². The van der Waals surface area contributed by atoms with E-state index in [4.69, 9.17) is 8.83 Å². The lowest BCUT2D eigenvalue weighted by atomic mass is 9.93. The molecule has 3 nitrogen and oxygen atoms in total. The zero-order chi connectivity index (χ0) is 12.9. The van der Waals surface area contributed by atoms with Gasteiger partial charge in [-0.3, -0.25) is 0 Å². The minimum atomic E-state index is -0.344. The summed E-state index contributed by atoms with van der Waals surface area (Å²) in [7, 11) is 0. The summed E-state index contributed by atoms with van der Waals surface area (Å²) >= 11 is 0. The third-order valence-electron chi connectivity index (χ3n) is 3.03. The second kappa shape index (κ2) is 3.48. The van der Waals surface area contributed by atoms with Crippen LogP contribution >= 0.6 is 0 Å².